The Morgan fingerprint density at radius 1 is 0.907 bits per heavy atom. The molecule has 0 radical (unpaired) electrons. The zero-order valence-corrected chi connectivity index (χ0v) is 25.0. The van der Waals surface area contributed by atoms with E-state index in [-0.39, 0.29) is 5.91 Å². The second-order valence-electron chi connectivity index (χ2n) is 11.6. The Balaban J connectivity index is 1.24. The summed E-state index contributed by atoms with van der Waals surface area (Å²) in [7, 11) is 0. The van der Waals surface area contributed by atoms with Gasteiger partial charge in [0.25, 0.3) is 5.91 Å². The number of rotatable bonds is 3. The van der Waals surface area contributed by atoms with Gasteiger partial charge in [-0.1, -0.05) is 43.3 Å². The SMILES string of the molecule is Cc1nc(N2CCC(C)CC2)ncc1C(=O)N1CCOCCOc2ccc(-c3cccnc3)cc2Cc2cccc(c2)C1. The van der Waals surface area contributed by atoms with E-state index >= 15 is 0 Å². The molecule has 43 heavy (non-hydrogen) atoms. The number of carbonyl (C=O) groups excluding carboxylic acids is 1. The molecule has 8 nitrogen and oxygen atoms in total. The largest absolute Gasteiger partial charge is 0.491 e. The molecule has 0 aliphatic carbocycles. The molecule has 2 aromatic heterocycles. The predicted octanol–water partition coefficient (Wildman–Crippen LogP) is 5.73. The molecule has 8 heteroatoms. The number of amides is 1. The number of hydrogen-bond donors (Lipinski definition) is 0. The summed E-state index contributed by atoms with van der Waals surface area (Å²) < 4.78 is 12.1. The van der Waals surface area contributed by atoms with Crippen molar-refractivity contribution >= 4 is 11.9 Å². The van der Waals surface area contributed by atoms with E-state index in [1.165, 1.54) is 0 Å². The van der Waals surface area contributed by atoms with Crippen molar-refractivity contribution in [1.29, 1.82) is 0 Å². The fraction of sp³-hybridized carbons (Fsp3) is 0.371. The van der Waals surface area contributed by atoms with Crippen molar-refractivity contribution in [2.75, 3.05) is 44.4 Å². The molecule has 2 bridgehead atoms. The molecule has 4 aromatic rings. The van der Waals surface area contributed by atoms with E-state index in [2.05, 4.69) is 64.3 Å². The standard InChI is InChI=1S/C35H39N5O3/c1-25-10-13-39(14-11-25)35-37-23-32(26(2)38-35)34(41)40-15-16-42-17-18-43-33-9-8-29(30-7-4-12-36-22-30)21-31(33)20-27-5-3-6-28(19-27)24-40/h3-9,12,19,21-23,25H,10-11,13-18,20,24H2,1-2H3. The molecular formula is C35H39N5O3. The highest BCUT2D eigenvalue weighted by molar-refractivity contribution is 5.95. The van der Waals surface area contributed by atoms with E-state index in [0.29, 0.717) is 56.5 Å². The summed E-state index contributed by atoms with van der Waals surface area (Å²) in [5.41, 5.74) is 6.72. The first-order valence-electron chi connectivity index (χ1n) is 15.2. The molecule has 6 rings (SSSR count). The first kappa shape index (κ1) is 28.8. The van der Waals surface area contributed by atoms with Crippen molar-refractivity contribution < 1.29 is 14.3 Å². The smallest absolute Gasteiger partial charge is 0.257 e. The van der Waals surface area contributed by atoms with E-state index in [1.807, 2.05) is 30.2 Å². The van der Waals surface area contributed by atoms with Crippen LogP contribution < -0.4 is 9.64 Å². The van der Waals surface area contributed by atoms with Crippen LogP contribution in [0.4, 0.5) is 5.95 Å². The van der Waals surface area contributed by atoms with Gasteiger partial charge in [-0.05, 0) is 66.1 Å². The molecule has 2 aromatic carbocycles. The zero-order chi connectivity index (χ0) is 29.6. The zero-order valence-electron chi connectivity index (χ0n) is 25.0. The molecule has 222 valence electrons. The second-order valence-corrected chi connectivity index (χ2v) is 11.6. The Morgan fingerprint density at radius 3 is 2.58 bits per heavy atom. The number of aryl methyl sites for hydroxylation is 1. The average Bonchev–Trinajstić information content (AvgIpc) is 3.03. The van der Waals surface area contributed by atoms with Gasteiger partial charge >= 0.3 is 0 Å². The fourth-order valence-electron chi connectivity index (χ4n) is 5.79. The number of anilines is 1. The lowest BCUT2D eigenvalue weighted by Crippen LogP contribution is -2.36. The number of aromatic nitrogens is 3. The number of pyridine rings is 1. The van der Waals surface area contributed by atoms with E-state index in [4.69, 9.17) is 14.5 Å². The van der Waals surface area contributed by atoms with Gasteiger partial charge in [0.15, 0.2) is 0 Å². The monoisotopic (exact) mass is 577 g/mol. The first-order chi connectivity index (χ1) is 21.0. The number of piperidine rings is 1. The molecule has 0 atom stereocenters. The van der Waals surface area contributed by atoms with Crippen LogP contribution in [-0.2, 0) is 17.7 Å². The van der Waals surface area contributed by atoms with E-state index in [9.17, 15) is 4.79 Å². The van der Waals surface area contributed by atoms with Gasteiger partial charge in [0.2, 0.25) is 5.95 Å². The third-order valence-corrected chi connectivity index (χ3v) is 8.36. The Morgan fingerprint density at radius 2 is 1.77 bits per heavy atom. The van der Waals surface area contributed by atoms with E-state index in [0.717, 1.165) is 65.4 Å². The van der Waals surface area contributed by atoms with Gasteiger partial charge in [0, 0.05) is 56.8 Å². The number of ether oxygens (including phenoxy) is 2. The lowest BCUT2D eigenvalue weighted by molar-refractivity contribution is 0.0570. The summed E-state index contributed by atoms with van der Waals surface area (Å²) in [6.07, 6.45) is 8.34. The summed E-state index contributed by atoms with van der Waals surface area (Å²) in [6.45, 7) is 8.29. The Labute approximate surface area is 253 Å². The van der Waals surface area contributed by atoms with Gasteiger partial charge in [0.1, 0.15) is 12.4 Å². The highest BCUT2D eigenvalue weighted by Gasteiger charge is 2.23. The Bertz CT molecular complexity index is 1550. The number of nitrogens with zero attached hydrogens (tertiary/aromatic N) is 5. The molecule has 2 aliphatic heterocycles. The quantitative estimate of drug-likeness (QED) is 0.308. The maximum absolute atomic E-state index is 13.9. The summed E-state index contributed by atoms with van der Waals surface area (Å²) >= 11 is 0. The second kappa shape index (κ2) is 13.3. The van der Waals surface area contributed by atoms with Crippen LogP contribution in [0.25, 0.3) is 11.1 Å². The molecule has 0 N–H and O–H groups in total. The Kier molecular flexibility index (Phi) is 8.93. The predicted molar refractivity (Wildman–Crippen MR) is 167 cm³/mol. The number of carbonyl (C=O) groups is 1. The number of benzene rings is 2. The molecule has 0 unspecified atom stereocenters. The van der Waals surface area contributed by atoms with Gasteiger partial charge < -0.3 is 19.3 Å². The van der Waals surface area contributed by atoms with Crippen molar-refractivity contribution in [3.05, 3.63) is 101 Å². The molecule has 1 fully saturated rings. The van der Waals surface area contributed by atoms with Gasteiger partial charge in [0.05, 0.1) is 24.5 Å². The van der Waals surface area contributed by atoms with Crippen molar-refractivity contribution in [1.82, 2.24) is 19.9 Å². The summed E-state index contributed by atoms with van der Waals surface area (Å²) in [4.78, 5) is 31.6. The topological polar surface area (TPSA) is 80.7 Å². The minimum absolute atomic E-state index is 0.0832. The van der Waals surface area contributed by atoms with Gasteiger partial charge in [-0.3, -0.25) is 9.78 Å². The minimum atomic E-state index is -0.0832. The molecule has 1 saturated heterocycles. The molecule has 0 spiro atoms. The number of fused-ring (bicyclic) bond motifs is 3. The molecule has 0 saturated carbocycles. The summed E-state index contributed by atoms with van der Waals surface area (Å²) in [6, 6.07) is 18.7. The van der Waals surface area contributed by atoms with Gasteiger partial charge in [-0.25, -0.2) is 9.97 Å². The van der Waals surface area contributed by atoms with Crippen LogP contribution >= 0.6 is 0 Å². The van der Waals surface area contributed by atoms with Crippen molar-refractivity contribution in [2.24, 2.45) is 5.92 Å². The summed E-state index contributed by atoms with van der Waals surface area (Å²) in [5.74, 6) is 2.21. The van der Waals surface area contributed by atoms with Crippen LogP contribution in [0.5, 0.6) is 5.75 Å². The van der Waals surface area contributed by atoms with Crippen LogP contribution in [-0.4, -0.2) is 65.2 Å². The van der Waals surface area contributed by atoms with Crippen LogP contribution in [0.3, 0.4) is 0 Å². The Hall–Kier alpha value is -4.30. The lowest BCUT2D eigenvalue weighted by atomic mass is 9.98. The third kappa shape index (κ3) is 7.03. The van der Waals surface area contributed by atoms with Crippen LogP contribution in [0, 0.1) is 12.8 Å². The summed E-state index contributed by atoms with van der Waals surface area (Å²) in [5, 5.41) is 0. The maximum Gasteiger partial charge on any atom is 0.257 e. The highest BCUT2D eigenvalue weighted by atomic mass is 16.5. The lowest BCUT2D eigenvalue weighted by Gasteiger charge is -2.30. The maximum atomic E-state index is 13.9. The number of hydrogen-bond acceptors (Lipinski definition) is 7. The highest BCUT2D eigenvalue weighted by Crippen LogP contribution is 2.29. The van der Waals surface area contributed by atoms with Crippen molar-refractivity contribution in [2.45, 2.75) is 39.7 Å². The fourth-order valence-corrected chi connectivity index (χ4v) is 5.79. The average molecular weight is 578 g/mol. The van der Waals surface area contributed by atoms with Gasteiger partial charge in [-0.15, -0.1) is 0 Å². The molecule has 1 amide bonds. The van der Waals surface area contributed by atoms with Crippen LogP contribution in [0.15, 0.2) is 73.2 Å². The first-order valence-corrected chi connectivity index (χ1v) is 15.2. The molecular weight excluding hydrogens is 538 g/mol. The van der Waals surface area contributed by atoms with Crippen LogP contribution in [0.1, 0.15) is 52.5 Å². The minimum Gasteiger partial charge on any atom is -0.491 e. The third-order valence-electron chi connectivity index (χ3n) is 8.36. The van der Waals surface area contributed by atoms with Crippen LogP contribution in [0.2, 0.25) is 0 Å². The molecule has 2 aliphatic rings. The van der Waals surface area contributed by atoms with E-state index < -0.39 is 0 Å². The van der Waals surface area contributed by atoms with Crippen molar-refractivity contribution in [3.8, 4) is 16.9 Å². The van der Waals surface area contributed by atoms with Crippen molar-refractivity contribution in [3.63, 3.8) is 0 Å². The van der Waals surface area contributed by atoms with E-state index in [1.54, 1.807) is 12.4 Å². The van der Waals surface area contributed by atoms with Gasteiger partial charge in [-0.2, -0.15) is 0 Å². The molecule has 4 heterocycles. The normalized spacial score (nSPS) is 16.6.